The van der Waals surface area contributed by atoms with Gasteiger partial charge in [0, 0.05) is 19.2 Å². The van der Waals surface area contributed by atoms with Crippen LogP contribution in [-0.2, 0) is 33.3 Å². The minimum Gasteiger partial charge on any atom is -0.449 e. The maximum absolute atomic E-state index is 13.7. The fraction of sp³-hybridized carbons (Fsp3) is 0.524. The van der Waals surface area contributed by atoms with Crippen LogP contribution in [0.4, 0.5) is 9.59 Å². The van der Waals surface area contributed by atoms with E-state index < -0.39 is 47.2 Å². The molecular formula is C21H23N3O9. The summed E-state index contributed by atoms with van der Waals surface area (Å²) in [6, 6.07) is -0.902. The van der Waals surface area contributed by atoms with Gasteiger partial charge in [-0.1, -0.05) is 19.2 Å². The van der Waals surface area contributed by atoms with Crippen molar-refractivity contribution in [1.29, 1.82) is 0 Å². The highest BCUT2D eigenvalue weighted by Gasteiger charge is 2.79. The Morgan fingerprint density at radius 2 is 1.97 bits per heavy atom. The van der Waals surface area contributed by atoms with E-state index in [2.05, 4.69) is 13.2 Å². The summed E-state index contributed by atoms with van der Waals surface area (Å²) in [5.74, 6) is -4.02. The molecule has 12 nitrogen and oxygen atoms in total. The fourth-order valence-corrected chi connectivity index (χ4v) is 5.64. The number of ketones is 2. The molecule has 2 amide bonds. The van der Waals surface area contributed by atoms with Crippen molar-refractivity contribution in [3.8, 4) is 0 Å². The Kier molecular flexibility index (Phi) is 4.68. The van der Waals surface area contributed by atoms with Crippen LogP contribution in [-0.4, -0.2) is 97.2 Å². The van der Waals surface area contributed by atoms with Crippen LogP contribution in [0.15, 0.2) is 36.1 Å². The number of rotatable bonds is 5. The lowest BCUT2D eigenvalue weighted by molar-refractivity contribution is -0.167. The zero-order valence-electron chi connectivity index (χ0n) is 17.9. The van der Waals surface area contributed by atoms with Crippen molar-refractivity contribution in [2.75, 3.05) is 40.1 Å². The molecule has 0 aromatic heterocycles. The molecule has 1 spiro atoms. The first-order valence-corrected chi connectivity index (χ1v) is 10.4. The Labute approximate surface area is 188 Å². The molecule has 0 unspecified atom stereocenters. The van der Waals surface area contributed by atoms with E-state index in [1.165, 1.54) is 18.1 Å². The highest BCUT2D eigenvalue weighted by Crippen LogP contribution is 2.61. The smallest absolute Gasteiger partial charge is 0.410 e. The average molecular weight is 461 g/mol. The lowest BCUT2D eigenvalue weighted by atomic mass is 9.78. The molecule has 12 heteroatoms. The molecule has 4 heterocycles. The SMILES string of the molecule is C=CCOC(=O)N1[C@H]2[C@@H]1CN1C3=C(C(=O)C4(OCCO4)C(=C)C3=O)[C@@H](COC(N)=O)[C@@]21OC. The molecule has 176 valence electrons. The number of hydrogen-bond acceptors (Lipinski definition) is 10. The van der Waals surface area contributed by atoms with Crippen molar-refractivity contribution in [2.45, 2.75) is 23.6 Å². The van der Waals surface area contributed by atoms with E-state index in [0.717, 1.165) is 0 Å². The van der Waals surface area contributed by atoms with Gasteiger partial charge in [-0.15, -0.1) is 0 Å². The third kappa shape index (κ3) is 2.56. The summed E-state index contributed by atoms with van der Waals surface area (Å²) in [4.78, 5) is 54.3. The van der Waals surface area contributed by atoms with Crippen molar-refractivity contribution >= 4 is 23.8 Å². The van der Waals surface area contributed by atoms with E-state index in [4.69, 9.17) is 29.4 Å². The van der Waals surface area contributed by atoms with Crippen LogP contribution in [0.1, 0.15) is 0 Å². The normalized spacial score (nSPS) is 33.2. The number of methoxy groups -OCH3 is 1. The number of hydrogen-bond donors (Lipinski definition) is 1. The number of carbonyl (C=O) groups is 4. The Morgan fingerprint density at radius 1 is 1.27 bits per heavy atom. The van der Waals surface area contributed by atoms with Crippen molar-refractivity contribution in [2.24, 2.45) is 11.7 Å². The summed E-state index contributed by atoms with van der Waals surface area (Å²) in [5.41, 5.74) is 3.82. The molecule has 0 aromatic rings. The predicted molar refractivity (Wildman–Crippen MR) is 107 cm³/mol. The second-order valence-electron chi connectivity index (χ2n) is 8.25. The number of amides is 2. The maximum Gasteiger partial charge on any atom is 0.410 e. The van der Waals surface area contributed by atoms with Gasteiger partial charge in [-0.3, -0.25) is 14.5 Å². The van der Waals surface area contributed by atoms with Crippen LogP contribution in [0.25, 0.3) is 0 Å². The minimum absolute atomic E-state index is 0.0232. The Hall–Kier alpha value is -3.22. The molecule has 1 aliphatic carbocycles. The van der Waals surface area contributed by atoms with Gasteiger partial charge < -0.3 is 34.3 Å². The van der Waals surface area contributed by atoms with Gasteiger partial charge in [-0.2, -0.15) is 0 Å². The number of nitrogens with two attached hydrogens (primary N) is 1. The van der Waals surface area contributed by atoms with Crippen molar-refractivity contribution in [1.82, 2.24) is 9.80 Å². The first kappa shape index (κ1) is 21.6. The van der Waals surface area contributed by atoms with Gasteiger partial charge in [0.2, 0.25) is 11.6 Å². The minimum atomic E-state index is -1.93. The lowest BCUT2D eigenvalue weighted by Gasteiger charge is -2.40. The zero-order valence-corrected chi connectivity index (χ0v) is 17.9. The van der Waals surface area contributed by atoms with Gasteiger partial charge in [0.05, 0.1) is 36.4 Å². The largest absolute Gasteiger partial charge is 0.449 e. The van der Waals surface area contributed by atoms with Crippen LogP contribution < -0.4 is 5.73 Å². The molecular weight excluding hydrogens is 438 g/mol. The van der Waals surface area contributed by atoms with E-state index in [1.807, 2.05) is 0 Å². The highest BCUT2D eigenvalue weighted by atomic mass is 16.7. The van der Waals surface area contributed by atoms with E-state index in [9.17, 15) is 19.2 Å². The second kappa shape index (κ2) is 7.14. The summed E-state index contributed by atoms with van der Waals surface area (Å²) in [6.45, 7) is 7.39. The van der Waals surface area contributed by atoms with E-state index in [1.54, 1.807) is 4.90 Å². The van der Waals surface area contributed by atoms with Crippen LogP contribution in [0.2, 0.25) is 0 Å². The fourth-order valence-electron chi connectivity index (χ4n) is 5.64. The number of piperazine rings is 1. The summed E-state index contributed by atoms with van der Waals surface area (Å²) in [6.07, 6.45) is -0.197. The number of allylic oxidation sites excluding steroid dienone is 1. The maximum atomic E-state index is 13.7. The number of fused-ring (bicyclic) bond motifs is 4. The third-order valence-corrected chi connectivity index (χ3v) is 6.90. The molecule has 4 aliphatic heterocycles. The van der Waals surface area contributed by atoms with Crippen LogP contribution in [0.3, 0.4) is 0 Å². The molecule has 3 saturated heterocycles. The standard InChI is InChI=1S/C21H23N3O9/c1-4-5-30-19(28)24-12-8-23-14-13(11(9-31-18(22)27)20(23,29-3)16(12)24)17(26)21(10(2)15(14)25)32-6-7-33-21/h4,11-12,16H,1-2,5-9H2,3H3,(H2,22,27)/t11-,12+,16+,20-,24?/m1/s1. The van der Waals surface area contributed by atoms with Gasteiger partial charge in [0.1, 0.15) is 19.3 Å². The first-order chi connectivity index (χ1) is 15.8. The molecule has 3 fully saturated rings. The molecule has 0 radical (unpaired) electrons. The molecule has 5 aliphatic rings. The monoisotopic (exact) mass is 461 g/mol. The van der Waals surface area contributed by atoms with Gasteiger partial charge in [0.25, 0.3) is 5.79 Å². The first-order valence-electron chi connectivity index (χ1n) is 10.4. The van der Waals surface area contributed by atoms with E-state index in [-0.39, 0.29) is 55.9 Å². The predicted octanol–water partition coefficient (Wildman–Crippen LogP) is -0.550. The van der Waals surface area contributed by atoms with E-state index >= 15 is 0 Å². The Balaban J connectivity index is 1.59. The van der Waals surface area contributed by atoms with Gasteiger partial charge in [-0.05, 0) is 0 Å². The number of nitrogens with zero attached hydrogens (tertiary/aromatic N) is 2. The quantitative estimate of drug-likeness (QED) is 0.321. The summed E-state index contributed by atoms with van der Waals surface area (Å²) in [7, 11) is 1.40. The number of carbonyl (C=O) groups excluding carboxylic acids is 4. The van der Waals surface area contributed by atoms with Gasteiger partial charge in [0.15, 0.2) is 5.72 Å². The van der Waals surface area contributed by atoms with Crippen molar-refractivity contribution in [3.63, 3.8) is 0 Å². The Morgan fingerprint density at radius 3 is 2.58 bits per heavy atom. The van der Waals surface area contributed by atoms with E-state index in [0.29, 0.717) is 0 Å². The van der Waals surface area contributed by atoms with Gasteiger partial charge in [-0.25, -0.2) is 9.59 Å². The molecule has 0 saturated carbocycles. The topological polar surface area (TPSA) is 147 Å². The van der Waals surface area contributed by atoms with Crippen molar-refractivity contribution in [3.05, 3.63) is 36.1 Å². The lowest BCUT2D eigenvalue weighted by Crippen LogP contribution is -2.56. The van der Waals surface area contributed by atoms with Crippen LogP contribution >= 0.6 is 0 Å². The van der Waals surface area contributed by atoms with Crippen molar-refractivity contribution < 1.29 is 42.9 Å². The summed E-state index contributed by atoms with van der Waals surface area (Å²) >= 11 is 0. The highest BCUT2D eigenvalue weighted by molar-refractivity contribution is 6.25. The summed E-state index contributed by atoms with van der Waals surface area (Å²) < 4.78 is 27.3. The second-order valence-corrected chi connectivity index (χ2v) is 8.25. The molecule has 2 N–H and O–H groups in total. The van der Waals surface area contributed by atoms with Crippen LogP contribution in [0.5, 0.6) is 0 Å². The zero-order chi connectivity index (χ0) is 23.7. The van der Waals surface area contributed by atoms with Crippen LogP contribution in [0, 0.1) is 5.92 Å². The van der Waals surface area contributed by atoms with Gasteiger partial charge >= 0.3 is 12.2 Å². The molecule has 33 heavy (non-hydrogen) atoms. The number of primary amides is 1. The Bertz CT molecular complexity index is 1030. The number of ether oxygens (including phenoxy) is 5. The molecule has 4 atom stereocenters. The average Bonchev–Trinajstić information content (AvgIpc) is 3.10. The third-order valence-electron chi connectivity index (χ3n) is 6.90. The summed E-state index contributed by atoms with van der Waals surface area (Å²) in [5, 5.41) is 0. The molecule has 0 bridgehead atoms. The molecule has 5 rings (SSSR count). The number of Topliss-reactive ketones (excluding diaryl/α,β-unsaturated/α-hetero) is 2. The molecule has 0 aromatic carbocycles.